The predicted molar refractivity (Wildman–Crippen MR) is 97.3 cm³/mol. The van der Waals surface area contributed by atoms with E-state index in [9.17, 15) is 0 Å². The van der Waals surface area contributed by atoms with Gasteiger partial charge in [-0.15, -0.1) is 10.2 Å². The molecule has 2 N–H and O–H groups in total. The van der Waals surface area contributed by atoms with E-state index in [1.54, 1.807) is 0 Å². The van der Waals surface area contributed by atoms with E-state index in [0.717, 1.165) is 50.7 Å². The van der Waals surface area contributed by atoms with Crippen LogP contribution < -0.4 is 10.6 Å². The van der Waals surface area contributed by atoms with E-state index < -0.39 is 0 Å². The van der Waals surface area contributed by atoms with Gasteiger partial charge in [0.15, 0.2) is 5.96 Å². The van der Waals surface area contributed by atoms with Gasteiger partial charge in [0.25, 0.3) is 0 Å². The van der Waals surface area contributed by atoms with Crippen LogP contribution in [0.25, 0.3) is 0 Å². The van der Waals surface area contributed by atoms with Crippen LogP contribution in [0.3, 0.4) is 0 Å². The molecule has 3 rings (SSSR count). The average molecular weight is 332 g/mol. The van der Waals surface area contributed by atoms with E-state index in [2.05, 4.69) is 32.3 Å². The molecule has 134 valence electrons. The van der Waals surface area contributed by atoms with Crippen molar-refractivity contribution < 1.29 is 0 Å². The smallest absolute Gasteiger partial charge is 0.191 e. The van der Waals surface area contributed by atoms with Crippen LogP contribution in [-0.4, -0.2) is 39.9 Å². The molecule has 0 radical (unpaired) electrons. The average Bonchev–Trinajstić information content (AvgIpc) is 3.16. The Morgan fingerprint density at radius 3 is 2.88 bits per heavy atom. The van der Waals surface area contributed by atoms with Crippen LogP contribution in [0, 0.1) is 0 Å². The van der Waals surface area contributed by atoms with Gasteiger partial charge in [-0.3, -0.25) is 4.99 Å². The van der Waals surface area contributed by atoms with Gasteiger partial charge in [0.05, 0.1) is 0 Å². The number of guanidine groups is 1. The highest BCUT2D eigenvalue weighted by Gasteiger charge is 2.16. The lowest BCUT2D eigenvalue weighted by Crippen LogP contribution is -2.42. The number of hydrogen-bond donors (Lipinski definition) is 2. The second-order valence-electron chi connectivity index (χ2n) is 6.98. The van der Waals surface area contributed by atoms with Gasteiger partial charge in [0.2, 0.25) is 0 Å². The van der Waals surface area contributed by atoms with E-state index in [1.807, 2.05) is 0 Å². The molecule has 2 heterocycles. The Morgan fingerprint density at radius 2 is 2.04 bits per heavy atom. The van der Waals surface area contributed by atoms with Crippen molar-refractivity contribution in [3.05, 3.63) is 11.6 Å². The molecule has 0 atom stereocenters. The van der Waals surface area contributed by atoms with Crippen molar-refractivity contribution in [3.8, 4) is 0 Å². The lowest BCUT2D eigenvalue weighted by molar-refractivity contribution is 0.595. The van der Waals surface area contributed by atoms with Crippen LogP contribution >= 0.6 is 0 Å². The lowest BCUT2D eigenvalue weighted by atomic mass is 10.2. The Balaban J connectivity index is 1.48. The molecule has 0 spiro atoms. The number of aromatic nitrogens is 3. The number of nitrogens with one attached hydrogen (secondary N) is 2. The molecule has 0 bridgehead atoms. The maximum Gasteiger partial charge on any atom is 0.191 e. The maximum absolute atomic E-state index is 4.74. The minimum absolute atomic E-state index is 0.607. The zero-order valence-electron chi connectivity index (χ0n) is 15.1. The fourth-order valence-corrected chi connectivity index (χ4v) is 3.74. The second kappa shape index (κ2) is 9.04. The normalized spacial score (nSPS) is 19.1. The maximum atomic E-state index is 4.74. The van der Waals surface area contributed by atoms with Crippen LogP contribution in [0.15, 0.2) is 4.99 Å². The SMILES string of the molecule is CCNC(=NCCCc1nnc2n1CCCCC2)NC1CCCC1. The predicted octanol–water partition coefficient (Wildman–Crippen LogP) is 2.43. The van der Waals surface area contributed by atoms with E-state index in [1.165, 1.54) is 50.8 Å². The van der Waals surface area contributed by atoms with Crippen molar-refractivity contribution in [3.63, 3.8) is 0 Å². The Kier molecular flexibility index (Phi) is 6.49. The van der Waals surface area contributed by atoms with Crippen LogP contribution in [0.4, 0.5) is 0 Å². The molecule has 0 unspecified atom stereocenters. The number of hydrogen-bond acceptors (Lipinski definition) is 3. The van der Waals surface area contributed by atoms with Gasteiger partial charge in [-0.1, -0.05) is 19.3 Å². The third-order valence-corrected chi connectivity index (χ3v) is 5.05. The second-order valence-corrected chi connectivity index (χ2v) is 6.98. The minimum atomic E-state index is 0.607. The first-order valence-electron chi connectivity index (χ1n) is 9.82. The molecule has 2 aliphatic rings. The number of aliphatic imine (C=N–C) groups is 1. The van der Waals surface area contributed by atoms with E-state index in [4.69, 9.17) is 4.99 Å². The van der Waals surface area contributed by atoms with Crippen LogP contribution in [0.5, 0.6) is 0 Å². The van der Waals surface area contributed by atoms with Gasteiger partial charge >= 0.3 is 0 Å². The fourth-order valence-electron chi connectivity index (χ4n) is 3.74. The molecule has 1 aromatic rings. The quantitative estimate of drug-likeness (QED) is 0.477. The molecular formula is C18H32N6. The Hall–Kier alpha value is -1.59. The Morgan fingerprint density at radius 1 is 1.17 bits per heavy atom. The van der Waals surface area contributed by atoms with Crippen LogP contribution in [0.1, 0.15) is 69.9 Å². The van der Waals surface area contributed by atoms with Crippen LogP contribution in [0.2, 0.25) is 0 Å². The molecule has 6 heteroatoms. The standard InChI is InChI=1S/C18H32N6/c1-2-19-18(21-15-9-5-6-10-15)20-13-8-12-17-23-22-16-11-4-3-7-14-24(16)17/h15H,2-14H2,1H3,(H2,19,20,21). The number of rotatable bonds is 6. The summed E-state index contributed by atoms with van der Waals surface area (Å²) in [5.41, 5.74) is 0. The minimum Gasteiger partial charge on any atom is -0.357 e. The summed E-state index contributed by atoms with van der Waals surface area (Å²) >= 11 is 0. The summed E-state index contributed by atoms with van der Waals surface area (Å²) in [7, 11) is 0. The monoisotopic (exact) mass is 332 g/mol. The molecule has 1 fully saturated rings. The van der Waals surface area contributed by atoms with Gasteiger partial charge < -0.3 is 15.2 Å². The van der Waals surface area contributed by atoms with Gasteiger partial charge in [-0.2, -0.15) is 0 Å². The Bertz CT molecular complexity index is 530. The van der Waals surface area contributed by atoms with Gasteiger partial charge in [0, 0.05) is 38.5 Å². The number of aryl methyl sites for hydroxylation is 2. The first kappa shape index (κ1) is 17.2. The molecule has 0 amide bonds. The van der Waals surface area contributed by atoms with Gasteiger partial charge in [-0.05, 0) is 39.0 Å². The van der Waals surface area contributed by atoms with E-state index in [0.29, 0.717) is 6.04 Å². The molecule has 1 aliphatic heterocycles. The van der Waals surface area contributed by atoms with Crippen LogP contribution in [-0.2, 0) is 19.4 Å². The molecule has 24 heavy (non-hydrogen) atoms. The first-order chi connectivity index (χ1) is 11.9. The largest absolute Gasteiger partial charge is 0.357 e. The summed E-state index contributed by atoms with van der Waals surface area (Å²) in [5, 5.41) is 15.7. The van der Waals surface area contributed by atoms with Crippen molar-refractivity contribution in [1.29, 1.82) is 0 Å². The summed E-state index contributed by atoms with van der Waals surface area (Å²) in [6.07, 6.45) is 12.1. The highest BCUT2D eigenvalue weighted by atomic mass is 15.3. The van der Waals surface area contributed by atoms with Gasteiger partial charge in [0.1, 0.15) is 11.6 Å². The molecule has 6 nitrogen and oxygen atoms in total. The molecule has 1 saturated carbocycles. The summed E-state index contributed by atoms with van der Waals surface area (Å²) < 4.78 is 2.35. The molecular weight excluding hydrogens is 300 g/mol. The number of fused-ring (bicyclic) bond motifs is 1. The third-order valence-electron chi connectivity index (χ3n) is 5.05. The fraction of sp³-hybridized carbons (Fsp3) is 0.833. The highest BCUT2D eigenvalue weighted by molar-refractivity contribution is 5.80. The summed E-state index contributed by atoms with van der Waals surface area (Å²) in [6, 6.07) is 0.607. The summed E-state index contributed by atoms with van der Waals surface area (Å²) in [6.45, 7) is 4.96. The molecule has 0 aromatic carbocycles. The van der Waals surface area contributed by atoms with Crippen molar-refractivity contribution in [2.45, 2.75) is 83.7 Å². The zero-order chi connectivity index (χ0) is 16.6. The van der Waals surface area contributed by atoms with Crippen molar-refractivity contribution in [2.24, 2.45) is 4.99 Å². The number of nitrogens with zero attached hydrogens (tertiary/aromatic N) is 4. The van der Waals surface area contributed by atoms with Crippen molar-refractivity contribution >= 4 is 5.96 Å². The topological polar surface area (TPSA) is 67.1 Å². The van der Waals surface area contributed by atoms with E-state index >= 15 is 0 Å². The molecule has 0 saturated heterocycles. The highest BCUT2D eigenvalue weighted by Crippen LogP contribution is 2.17. The molecule has 1 aliphatic carbocycles. The summed E-state index contributed by atoms with van der Waals surface area (Å²) in [5.74, 6) is 3.31. The lowest BCUT2D eigenvalue weighted by Gasteiger charge is -2.16. The first-order valence-corrected chi connectivity index (χ1v) is 9.82. The van der Waals surface area contributed by atoms with Crippen molar-refractivity contribution in [1.82, 2.24) is 25.4 Å². The Labute approximate surface area is 145 Å². The van der Waals surface area contributed by atoms with Crippen molar-refractivity contribution in [2.75, 3.05) is 13.1 Å². The van der Waals surface area contributed by atoms with E-state index in [-0.39, 0.29) is 0 Å². The third kappa shape index (κ3) is 4.71. The zero-order valence-corrected chi connectivity index (χ0v) is 15.1. The summed E-state index contributed by atoms with van der Waals surface area (Å²) in [4.78, 5) is 4.74. The molecule has 1 aromatic heterocycles. The van der Waals surface area contributed by atoms with Gasteiger partial charge in [-0.25, -0.2) is 0 Å².